The van der Waals surface area contributed by atoms with Gasteiger partial charge in [0.25, 0.3) is 5.69 Å². The number of aliphatic hydroxyl groups excluding tert-OH is 1. The highest BCUT2D eigenvalue weighted by Gasteiger charge is 2.56. The maximum Gasteiger partial charge on any atom is 0.353 e. The summed E-state index contributed by atoms with van der Waals surface area (Å²) in [4.78, 5) is 47.7. The molecule has 1 amide bonds. The van der Waals surface area contributed by atoms with Gasteiger partial charge in [-0.05, 0) is 24.6 Å². The summed E-state index contributed by atoms with van der Waals surface area (Å²) in [5.41, 5.74) is 6.19. The summed E-state index contributed by atoms with van der Waals surface area (Å²) in [6.07, 6.45) is -0.608. The van der Waals surface area contributed by atoms with E-state index in [0.29, 0.717) is 10.5 Å². The number of nitrogens with two attached hydrogens (primary N) is 1. The van der Waals surface area contributed by atoms with E-state index in [4.69, 9.17) is 10.5 Å². The minimum atomic E-state index is -1.25. The molecule has 2 aliphatic heterocycles. The van der Waals surface area contributed by atoms with Crippen LogP contribution in [0.3, 0.4) is 0 Å². The van der Waals surface area contributed by atoms with Crippen molar-refractivity contribution in [1.82, 2.24) is 4.90 Å². The lowest BCUT2D eigenvalue weighted by Gasteiger charge is -2.44. The van der Waals surface area contributed by atoms with Gasteiger partial charge in [-0.3, -0.25) is 19.7 Å². The Bertz CT molecular complexity index is 946. The van der Waals surface area contributed by atoms with E-state index < -0.39 is 46.9 Å². The van der Waals surface area contributed by atoms with Crippen LogP contribution in [0.5, 0.6) is 0 Å². The molecule has 0 radical (unpaired) electrons. The van der Waals surface area contributed by atoms with Gasteiger partial charge in [-0.1, -0.05) is 0 Å². The highest BCUT2D eigenvalue weighted by atomic mass is 32.2. The molecule has 0 saturated carbocycles. The van der Waals surface area contributed by atoms with Crippen LogP contribution in [0.25, 0.3) is 0 Å². The number of non-ortho nitro benzene ring substituents is 1. The fourth-order valence-corrected chi connectivity index (χ4v) is 4.72. The lowest BCUT2D eigenvalue weighted by molar-refractivity contribution is -0.384. The number of amides is 1. The summed E-state index contributed by atoms with van der Waals surface area (Å²) in [6, 6.07) is 4.07. The molecule has 1 aromatic carbocycles. The van der Waals surface area contributed by atoms with Gasteiger partial charge >= 0.3 is 11.9 Å². The van der Waals surface area contributed by atoms with Gasteiger partial charge in [-0.2, -0.15) is 0 Å². The number of esters is 1. The number of rotatable bonds is 9. The largest absolute Gasteiger partial charge is 0.477 e. The number of carboxylic acid groups (broad SMARTS) is 1. The van der Waals surface area contributed by atoms with Crippen LogP contribution in [0.1, 0.15) is 18.9 Å². The molecule has 3 rings (SSSR count). The van der Waals surface area contributed by atoms with Crippen molar-refractivity contribution < 1.29 is 34.3 Å². The van der Waals surface area contributed by atoms with Crippen molar-refractivity contribution >= 4 is 35.3 Å². The molecular weight excluding hydrogens is 430 g/mol. The maximum absolute atomic E-state index is 12.2. The molecule has 1 unspecified atom stereocenters. The number of nitrogens with zero attached hydrogens (tertiary/aromatic N) is 2. The van der Waals surface area contributed by atoms with Gasteiger partial charge in [-0.15, -0.1) is 11.8 Å². The van der Waals surface area contributed by atoms with Gasteiger partial charge < -0.3 is 25.6 Å². The number of hydrogen-bond acceptors (Lipinski definition) is 9. The molecule has 1 saturated heterocycles. The lowest BCUT2D eigenvalue weighted by Crippen LogP contribution is -2.61. The van der Waals surface area contributed by atoms with Crippen LogP contribution in [0.15, 0.2) is 34.9 Å². The van der Waals surface area contributed by atoms with Gasteiger partial charge in [0.15, 0.2) is 0 Å². The first-order valence-corrected chi connectivity index (χ1v) is 10.4. The highest BCUT2D eigenvalue weighted by Crippen LogP contribution is 2.47. The number of nitro groups is 1. The number of ether oxygens (including phenoxy) is 1. The predicted molar refractivity (Wildman–Crippen MR) is 108 cm³/mol. The first-order chi connectivity index (χ1) is 14.6. The quantitative estimate of drug-likeness (QED) is 0.209. The average Bonchev–Trinajstić information content (AvgIpc) is 3.04. The van der Waals surface area contributed by atoms with Crippen molar-refractivity contribution in [3.8, 4) is 0 Å². The summed E-state index contributed by atoms with van der Waals surface area (Å²) in [5.74, 6) is -2.99. The van der Waals surface area contributed by atoms with Gasteiger partial charge in [0.05, 0.1) is 23.0 Å². The first kappa shape index (κ1) is 22.7. The van der Waals surface area contributed by atoms with E-state index in [1.54, 1.807) is 0 Å². The van der Waals surface area contributed by atoms with E-state index in [9.17, 15) is 34.7 Å². The topological polar surface area (TPSA) is 173 Å². The number of carboxylic acids is 1. The molecule has 11 nitrogen and oxygen atoms in total. The average molecular weight is 451 g/mol. The Morgan fingerprint density at radius 2 is 2.03 bits per heavy atom. The number of benzene rings is 1. The molecule has 2 heterocycles. The summed E-state index contributed by atoms with van der Waals surface area (Å²) < 4.78 is 5.12. The Kier molecular flexibility index (Phi) is 6.62. The van der Waals surface area contributed by atoms with Crippen molar-refractivity contribution in [3.05, 3.63) is 50.5 Å². The Morgan fingerprint density at radius 3 is 2.58 bits per heavy atom. The van der Waals surface area contributed by atoms with Crippen LogP contribution in [0.2, 0.25) is 0 Å². The number of fused-ring (bicyclic) bond motifs is 1. The van der Waals surface area contributed by atoms with Crippen LogP contribution in [0.4, 0.5) is 5.69 Å². The molecule has 0 spiro atoms. The molecule has 0 aromatic heterocycles. The summed E-state index contributed by atoms with van der Waals surface area (Å²) in [5, 5.41) is 29.9. The Hall–Kier alpha value is -2.96. The van der Waals surface area contributed by atoms with E-state index >= 15 is 0 Å². The predicted octanol–water partition coefficient (Wildman–Crippen LogP) is 0.606. The molecule has 4 N–H and O–H groups in total. The molecule has 0 bridgehead atoms. The van der Waals surface area contributed by atoms with E-state index in [-0.39, 0.29) is 30.2 Å². The second kappa shape index (κ2) is 9.04. The second-order valence-electron chi connectivity index (χ2n) is 7.27. The molecule has 1 aromatic rings. The first-order valence-electron chi connectivity index (χ1n) is 9.37. The normalized spacial score (nSPS) is 21.9. The second-order valence-corrected chi connectivity index (χ2v) is 8.39. The van der Waals surface area contributed by atoms with Crippen molar-refractivity contribution in [3.63, 3.8) is 0 Å². The van der Waals surface area contributed by atoms with Crippen molar-refractivity contribution in [2.75, 3.05) is 5.75 Å². The zero-order valence-corrected chi connectivity index (χ0v) is 17.3. The smallest absolute Gasteiger partial charge is 0.353 e. The molecule has 1 fully saturated rings. The number of carbonyl (C=O) groups excluding carboxylic acids is 2. The SMILES string of the molecule is C[C@H](O)[C@H]1C(=O)N2C(C(=O)O)=C(SCC(N)C(=O)OCc3ccc([N+](=O)[O-])cc3)C[C@H]12. The third-order valence-corrected chi connectivity index (χ3v) is 6.39. The minimum Gasteiger partial charge on any atom is -0.477 e. The molecule has 4 atom stereocenters. The number of aliphatic hydroxyl groups is 1. The van der Waals surface area contributed by atoms with E-state index in [1.165, 1.54) is 36.1 Å². The molecule has 31 heavy (non-hydrogen) atoms. The minimum absolute atomic E-state index is 0.0410. The highest BCUT2D eigenvalue weighted by molar-refractivity contribution is 8.03. The number of thioether (sulfide) groups is 1. The molecule has 12 heteroatoms. The number of aliphatic carboxylic acids is 1. The number of carbonyl (C=O) groups is 3. The third-order valence-electron chi connectivity index (χ3n) is 5.16. The van der Waals surface area contributed by atoms with Gasteiger partial charge in [0, 0.05) is 29.2 Å². The summed E-state index contributed by atoms with van der Waals surface area (Å²) in [7, 11) is 0. The fourth-order valence-electron chi connectivity index (χ4n) is 3.59. The Labute approximate surface area is 181 Å². The zero-order chi connectivity index (χ0) is 22.9. The molecule has 0 aliphatic carbocycles. The van der Waals surface area contributed by atoms with Crippen LogP contribution in [0, 0.1) is 16.0 Å². The number of β-lactam (4-membered cyclic amide) rings is 1. The standard InChI is InChI=1S/C19H21N3O8S/c1-9(23)15-13-6-14(16(18(25)26)21(13)17(15)24)31-8-12(20)19(27)30-7-10-2-4-11(5-3-10)22(28)29/h2-5,9,12-13,15,23H,6-8,20H2,1H3,(H,25,26)/t9-,12?,13+,15+/m0/s1. The van der Waals surface area contributed by atoms with E-state index in [1.807, 2.05) is 0 Å². The summed E-state index contributed by atoms with van der Waals surface area (Å²) in [6.45, 7) is 1.38. The number of hydrogen-bond donors (Lipinski definition) is 3. The Balaban J connectivity index is 1.55. The van der Waals surface area contributed by atoms with Gasteiger partial charge in [0.2, 0.25) is 5.91 Å². The monoisotopic (exact) mass is 451 g/mol. The van der Waals surface area contributed by atoms with Crippen LogP contribution in [-0.2, 0) is 25.7 Å². The van der Waals surface area contributed by atoms with Crippen LogP contribution >= 0.6 is 11.8 Å². The van der Waals surface area contributed by atoms with Gasteiger partial charge in [0.1, 0.15) is 18.3 Å². The molecule has 166 valence electrons. The van der Waals surface area contributed by atoms with Crippen LogP contribution in [-0.4, -0.2) is 61.8 Å². The summed E-state index contributed by atoms with van der Waals surface area (Å²) >= 11 is 1.07. The van der Waals surface area contributed by atoms with Crippen LogP contribution < -0.4 is 5.73 Å². The van der Waals surface area contributed by atoms with Gasteiger partial charge in [-0.25, -0.2) is 4.79 Å². The van der Waals surface area contributed by atoms with Crippen molar-refractivity contribution in [2.45, 2.75) is 38.1 Å². The molecule has 2 aliphatic rings. The lowest BCUT2D eigenvalue weighted by atomic mass is 9.83. The maximum atomic E-state index is 12.2. The fraction of sp³-hybridized carbons (Fsp3) is 0.421. The molecular formula is C19H21N3O8S. The van der Waals surface area contributed by atoms with Crippen molar-refractivity contribution in [1.29, 1.82) is 0 Å². The van der Waals surface area contributed by atoms with E-state index in [0.717, 1.165) is 11.8 Å². The van der Waals surface area contributed by atoms with E-state index in [2.05, 4.69) is 0 Å². The zero-order valence-electron chi connectivity index (χ0n) is 16.5. The third kappa shape index (κ3) is 4.55. The number of nitro benzene ring substituents is 1. The Morgan fingerprint density at radius 1 is 1.39 bits per heavy atom. The van der Waals surface area contributed by atoms with Crippen molar-refractivity contribution in [2.24, 2.45) is 11.7 Å².